The van der Waals surface area contributed by atoms with Crippen molar-refractivity contribution in [3.8, 4) is 12.3 Å². The molecule has 0 spiro atoms. The van der Waals surface area contributed by atoms with Gasteiger partial charge in [-0.2, -0.15) is 0 Å². The number of terminal acetylenes is 1. The first-order chi connectivity index (χ1) is 7.71. The number of hydrogen-bond acceptors (Lipinski definition) is 4. The fourth-order valence-electron chi connectivity index (χ4n) is 1.81. The second-order valence-corrected chi connectivity index (χ2v) is 3.72. The van der Waals surface area contributed by atoms with E-state index < -0.39 is 0 Å². The summed E-state index contributed by atoms with van der Waals surface area (Å²) in [5.74, 6) is 2.30. The Balaban J connectivity index is 2.35. The van der Waals surface area contributed by atoms with Crippen LogP contribution in [0.25, 0.3) is 0 Å². The summed E-state index contributed by atoms with van der Waals surface area (Å²) in [5, 5.41) is 2.63. The van der Waals surface area contributed by atoms with Crippen LogP contribution in [0.2, 0.25) is 0 Å². The zero-order chi connectivity index (χ0) is 12.0. The van der Waals surface area contributed by atoms with Gasteiger partial charge in [0.2, 0.25) is 5.91 Å². The summed E-state index contributed by atoms with van der Waals surface area (Å²) in [5.41, 5.74) is 0. The number of likely N-dealkylation sites (tertiary alicyclic amines) is 1. The molecule has 1 fully saturated rings. The molecule has 90 valence electrons. The molecule has 0 bridgehead atoms. The molecule has 5 heteroatoms. The first-order valence-electron chi connectivity index (χ1n) is 5.19. The molecule has 1 N–H and O–H groups in total. The lowest BCUT2D eigenvalue weighted by molar-refractivity contribution is -0.121. The topological polar surface area (TPSA) is 50.8 Å². The van der Waals surface area contributed by atoms with E-state index >= 15 is 0 Å². The number of nitrogens with zero attached hydrogens (tertiary/aromatic N) is 1. The van der Waals surface area contributed by atoms with Crippen LogP contribution in [0, 0.1) is 12.3 Å². The van der Waals surface area contributed by atoms with Crippen molar-refractivity contribution in [2.24, 2.45) is 0 Å². The van der Waals surface area contributed by atoms with Crippen LogP contribution in [0.15, 0.2) is 0 Å². The minimum Gasteiger partial charge on any atom is -0.377 e. The third kappa shape index (κ3) is 3.49. The van der Waals surface area contributed by atoms with Crippen molar-refractivity contribution in [3.05, 3.63) is 0 Å². The van der Waals surface area contributed by atoms with Crippen molar-refractivity contribution in [2.75, 3.05) is 40.4 Å². The maximum Gasteiger partial charge on any atom is 0.234 e. The van der Waals surface area contributed by atoms with Gasteiger partial charge in [0.15, 0.2) is 0 Å². The van der Waals surface area contributed by atoms with E-state index in [0.29, 0.717) is 19.6 Å². The predicted octanol–water partition coefficient (Wildman–Crippen LogP) is -0.919. The molecule has 2 atom stereocenters. The fourth-order valence-corrected chi connectivity index (χ4v) is 1.81. The quantitative estimate of drug-likeness (QED) is 0.616. The zero-order valence-electron chi connectivity index (χ0n) is 9.73. The monoisotopic (exact) mass is 226 g/mol. The second kappa shape index (κ2) is 6.48. The Labute approximate surface area is 96.1 Å². The van der Waals surface area contributed by atoms with E-state index in [1.807, 2.05) is 4.90 Å². The number of rotatable bonds is 5. The van der Waals surface area contributed by atoms with Crippen LogP contribution in [0.5, 0.6) is 0 Å². The van der Waals surface area contributed by atoms with E-state index in [2.05, 4.69) is 11.2 Å². The van der Waals surface area contributed by atoms with Crippen molar-refractivity contribution < 1.29 is 14.3 Å². The summed E-state index contributed by atoms with van der Waals surface area (Å²) in [6.45, 7) is 2.02. The van der Waals surface area contributed by atoms with Gasteiger partial charge >= 0.3 is 0 Å². The molecule has 16 heavy (non-hydrogen) atoms. The molecule has 0 radical (unpaired) electrons. The van der Waals surface area contributed by atoms with Crippen LogP contribution in [0.4, 0.5) is 0 Å². The molecular formula is C11H18N2O3. The number of ether oxygens (including phenoxy) is 2. The molecular weight excluding hydrogens is 208 g/mol. The van der Waals surface area contributed by atoms with Gasteiger partial charge in [0.1, 0.15) is 0 Å². The SMILES string of the molecule is C#CCNC(=O)CN1CC(OC)C(OC)C1. The number of methoxy groups -OCH3 is 2. The van der Waals surface area contributed by atoms with Gasteiger partial charge in [-0.15, -0.1) is 6.42 Å². The van der Waals surface area contributed by atoms with E-state index in [1.54, 1.807) is 14.2 Å². The first-order valence-corrected chi connectivity index (χ1v) is 5.19. The van der Waals surface area contributed by atoms with Crippen molar-refractivity contribution >= 4 is 5.91 Å². The highest BCUT2D eigenvalue weighted by molar-refractivity contribution is 5.78. The molecule has 1 amide bonds. The van der Waals surface area contributed by atoms with Crippen LogP contribution in [0.1, 0.15) is 0 Å². The van der Waals surface area contributed by atoms with E-state index in [9.17, 15) is 4.79 Å². The highest BCUT2D eigenvalue weighted by Gasteiger charge is 2.33. The summed E-state index contributed by atoms with van der Waals surface area (Å²) in [7, 11) is 3.30. The number of hydrogen-bond donors (Lipinski definition) is 1. The van der Waals surface area contributed by atoms with Gasteiger partial charge in [-0.05, 0) is 0 Å². The van der Waals surface area contributed by atoms with Crippen LogP contribution in [-0.2, 0) is 14.3 Å². The lowest BCUT2D eigenvalue weighted by Crippen LogP contribution is -2.36. The van der Waals surface area contributed by atoms with Gasteiger partial charge in [0, 0.05) is 27.3 Å². The standard InChI is InChI=1S/C11H18N2O3/c1-4-5-12-11(14)8-13-6-9(15-2)10(7-13)16-3/h1,9-10H,5-8H2,2-3H3,(H,12,14). The Kier molecular flexibility index (Phi) is 5.26. The molecule has 0 saturated carbocycles. The van der Waals surface area contributed by atoms with E-state index in [-0.39, 0.29) is 24.7 Å². The predicted molar refractivity (Wildman–Crippen MR) is 59.9 cm³/mol. The minimum atomic E-state index is -0.0652. The Bertz CT molecular complexity index is 263. The van der Waals surface area contributed by atoms with E-state index in [0.717, 1.165) is 0 Å². The fraction of sp³-hybridized carbons (Fsp3) is 0.727. The number of nitrogens with one attached hydrogen (secondary N) is 1. The van der Waals surface area contributed by atoms with Gasteiger partial charge in [0.25, 0.3) is 0 Å². The maximum atomic E-state index is 11.4. The lowest BCUT2D eigenvalue weighted by Gasteiger charge is -2.13. The number of amides is 1. The Morgan fingerprint density at radius 3 is 2.44 bits per heavy atom. The molecule has 1 aliphatic heterocycles. The molecule has 0 aromatic heterocycles. The average molecular weight is 226 g/mol. The summed E-state index contributed by atoms with van der Waals surface area (Å²) in [6, 6.07) is 0. The zero-order valence-corrected chi connectivity index (χ0v) is 9.73. The summed E-state index contributed by atoms with van der Waals surface area (Å²) < 4.78 is 10.6. The number of carbonyl (C=O) groups is 1. The highest BCUT2D eigenvalue weighted by atomic mass is 16.5. The van der Waals surface area contributed by atoms with Gasteiger partial charge in [-0.1, -0.05) is 5.92 Å². The molecule has 2 unspecified atom stereocenters. The van der Waals surface area contributed by atoms with Crippen LogP contribution in [0.3, 0.4) is 0 Å². The van der Waals surface area contributed by atoms with Gasteiger partial charge in [-0.3, -0.25) is 9.69 Å². The molecule has 1 saturated heterocycles. The maximum absolute atomic E-state index is 11.4. The third-order valence-electron chi connectivity index (χ3n) is 2.65. The molecule has 5 nitrogen and oxygen atoms in total. The molecule has 0 aromatic rings. The average Bonchev–Trinajstić information content (AvgIpc) is 2.68. The van der Waals surface area contributed by atoms with E-state index in [1.165, 1.54) is 0 Å². The van der Waals surface area contributed by atoms with Crippen molar-refractivity contribution in [1.82, 2.24) is 10.2 Å². The van der Waals surface area contributed by atoms with Crippen LogP contribution in [-0.4, -0.2) is 63.4 Å². The Hall–Kier alpha value is -1.09. The first kappa shape index (κ1) is 13.0. The number of carbonyl (C=O) groups excluding carboxylic acids is 1. The van der Waals surface area contributed by atoms with Crippen molar-refractivity contribution in [2.45, 2.75) is 12.2 Å². The summed E-state index contributed by atoms with van der Waals surface area (Å²) in [4.78, 5) is 13.4. The summed E-state index contributed by atoms with van der Waals surface area (Å²) in [6.07, 6.45) is 5.12. The van der Waals surface area contributed by atoms with Gasteiger partial charge in [0.05, 0.1) is 25.3 Å². The highest BCUT2D eigenvalue weighted by Crippen LogP contribution is 2.14. The summed E-state index contributed by atoms with van der Waals surface area (Å²) >= 11 is 0. The Morgan fingerprint density at radius 1 is 1.44 bits per heavy atom. The van der Waals surface area contributed by atoms with Gasteiger partial charge in [-0.25, -0.2) is 0 Å². The molecule has 0 aliphatic carbocycles. The molecule has 0 aromatic carbocycles. The van der Waals surface area contributed by atoms with Crippen molar-refractivity contribution in [1.29, 1.82) is 0 Å². The van der Waals surface area contributed by atoms with Crippen molar-refractivity contribution in [3.63, 3.8) is 0 Å². The smallest absolute Gasteiger partial charge is 0.234 e. The van der Waals surface area contributed by atoms with Crippen LogP contribution < -0.4 is 5.32 Å². The second-order valence-electron chi connectivity index (χ2n) is 3.72. The molecule has 1 rings (SSSR count). The molecule has 1 aliphatic rings. The normalized spacial score (nSPS) is 25.3. The van der Waals surface area contributed by atoms with Crippen LogP contribution >= 0.6 is 0 Å². The largest absolute Gasteiger partial charge is 0.377 e. The Morgan fingerprint density at radius 2 is 2.00 bits per heavy atom. The van der Waals surface area contributed by atoms with Gasteiger partial charge < -0.3 is 14.8 Å². The van der Waals surface area contributed by atoms with E-state index in [4.69, 9.17) is 15.9 Å². The minimum absolute atomic E-state index is 0.0328. The lowest BCUT2D eigenvalue weighted by atomic mass is 10.3. The third-order valence-corrected chi connectivity index (χ3v) is 2.65. The molecule has 1 heterocycles.